The number of fused-ring (bicyclic) bond motifs is 2. The van der Waals surface area contributed by atoms with Crippen LogP contribution in [0.25, 0.3) is 10.8 Å². The van der Waals surface area contributed by atoms with E-state index in [2.05, 4.69) is 15.5 Å². The minimum atomic E-state index is -0.299. The molecule has 1 aliphatic carbocycles. The average molecular weight is 329 g/mol. The molecule has 1 aliphatic heterocycles. The molecular weight excluding hydrogens is 310 g/mol. The Hall–Kier alpha value is -2.25. The molecule has 1 saturated heterocycles. The third-order valence-electron chi connectivity index (χ3n) is 5.10. The lowest BCUT2D eigenvalue weighted by atomic mass is 9.67. The number of ether oxygens (including phenoxy) is 2. The molecule has 4 rings (SSSR count). The number of carbonyl (C=O) groups excluding carboxylic acids is 1. The van der Waals surface area contributed by atoms with Crippen molar-refractivity contribution in [3.63, 3.8) is 0 Å². The average Bonchev–Trinajstić information content (AvgIpc) is 3.02. The Kier molecular flexibility index (Phi) is 3.82. The van der Waals surface area contributed by atoms with Gasteiger partial charge in [0, 0.05) is 37.0 Å². The molecule has 1 aromatic carbocycles. The van der Waals surface area contributed by atoms with Crippen LogP contribution in [0.3, 0.4) is 0 Å². The van der Waals surface area contributed by atoms with Crippen LogP contribution in [-0.2, 0) is 9.47 Å². The Morgan fingerprint density at radius 1 is 1.42 bits per heavy atom. The van der Waals surface area contributed by atoms with Crippen molar-refractivity contribution in [3.05, 3.63) is 40.3 Å². The number of nitrogens with zero attached hydrogens (tertiary/aromatic N) is 1. The number of nitrogens with one attached hydrogen (secondary N) is 2. The molecule has 2 fully saturated rings. The largest absolute Gasteiger partial charge is 0.384 e. The van der Waals surface area contributed by atoms with Gasteiger partial charge in [-0.1, -0.05) is 18.2 Å². The van der Waals surface area contributed by atoms with Gasteiger partial charge in [0.2, 0.25) is 0 Å². The number of carbonyl (C=O) groups is 1. The van der Waals surface area contributed by atoms with Crippen LogP contribution < -0.4 is 10.9 Å². The quantitative estimate of drug-likeness (QED) is 0.861. The Bertz CT molecular complexity index is 834. The van der Waals surface area contributed by atoms with E-state index in [9.17, 15) is 9.59 Å². The van der Waals surface area contributed by atoms with Gasteiger partial charge < -0.3 is 14.8 Å². The highest BCUT2D eigenvalue weighted by Gasteiger charge is 2.54. The van der Waals surface area contributed by atoms with E-state index in [1.54, 1.807) is 31.4 Å². The van der Waals surface area contributed by atoms with E-state index in [1.165, 1.54) is 0 Å². The van der Waals surface area contributed by atoms with Crippen LogP contribution in [0.2, 0.25) is 0 Å². The highest BCUT2D eigenvalue weighted by atomic mass is 16.5. The van der Waals surface area contributed by atoms with Gasteiger partial charge >= 0.3 is 0 Å². The van der Waals surface area contributed by atoms with Crippen LogP contribution in [-0.4, -0.2) is 48.6 Å². The van der Waals surface area contributed by atoms with E-state index in [1.807, 2.05) is 0 Å². The Morgan fingerprint density at radius 2 is 2.21 bits per heavy atom. The maximum atomic E-state index is 12.7. The second kappa shape index (κ2) is 5.99. The molecule has 1 saturated carbocycles. The Balaban J connectivity index is 1.61. The summed E-state index contributed by atoms with van der Waals surface area (Å²) < 4.78 is 11.0. The summed E-state index contributed by atoms with van der Waals surface area (Å²) in [5, 5.41) is 10.4. The van der Waals surface area contributed by atoms with E-state index in [-0.39, 0.29) is 35.2 Å². The summed E-state index contributed by atoms with van der Waals surface area (Å²) in [5.74, 6) is 0.197. The fourth-order valence-electron chi connectivity index (χ4n) is 3.94. The third-order valence-corrected chi connectivity index (χ3v) is 5.10. The van der Waals surface area contributed by atoms with E-state index in [0.717, 1.165) is 13.0 Å². The van der Waals surface area contributed by atoms with Crippen molar-refractivity contribution in [1.29, 1.82) is 0 Å². The van der Waals surface area contributed by atoms with E-state index >= 15 is 0 Å². The van der Waals surface area contributed by atoms with Crippen LogP contribution in [0.1, 0.15) is 16.9 Å². The second-order valence-electron chi connectivity index (χ2n) is 6.35. The summed E-state index contributed by atoms with van der Waals surface area (Å²) in [6.45, 7) is 1.27. The highest BCUT2D eigenvalue weighted by Crippen LogP contribution is 2.43. The van der Waals surface area contributed by atoms with Crippen LogP contribution in [0.15, 0.2) is 29.1 Å². The molecule has 1 amide bonds. The zero-order chi connectivity index (χ0) is 16.7. The molecule has 1 aromatic heterocycles. The molecule has 4 atom stereocenters. The van der Waals surface area contributed by atoms with Gasteiger partial charge in [0.15, 0.2) is 5.69 Å². The highest BCUT2D eigenvalue weighted by molar-refractivity contribution is 6.04. The molecule has 126 valence electrons. The number of aromatic amines is 1. The van der Waals surface area contributed by atoms with Crippen LogP contribution in [0, 0.1) is 11.8 Å². The molecule has 0 spiro atoms. The number of aromatic nitrogens is 2. The Morgan fingerprint density at radius 3 is 3.00 bits per heavy atom. The SMILES string of the molecule is COC[C@H]1[C@H](NC(=O)c2n[nH]c(=O)c3ccccc23)[C@H]2CCO[C@H]21. The van der Waals surface area contributed by atoms with E-state index in [4.69, 9.17) is 9.47 Å². The summed E-state index contributed by atoms with van der Waals surface area (Å²) in [6, 6.07) is 6.99. The van der Waals surface area contributed by atoms with Crippen molar-refractivity contribution in [2.45, 2.75) is 18.6 Å². The lowest BCUT2D eigenvalue weighted by Crippen LogP contribution is -2.62. The number of rotatable bonds is 4. The Labute approximate surface area is 138 Å². The molecule has 0 bridgehead atoms. The van der Waals surface area contributed by atoms with Crippen molar-refractivity contribution in [2.75, 3.05) is 20.3 Å². The van der Waals surface area contributed by atoms with Gasteiger partial charge in [0.05, 0.1) is 18.1 Å². The zero-order valence-electron chi connectivity index (χ0n) is 13.3. The molecule has 7 nitrogen and oxygen atoms in total. The fraction of sp³-hybridized carbons (Fsp3) is 0.471. The van der Waals surface area contributed by atoms with Crippen molar-refractivity contribution in [3.8, 4) is 0 Å². The lowest BCUT2D eigenvalue weighted by molar-refractivity contribution is -0.0810. The van der Waals surface area contributed by atoms with E-state index < -0.39 is 0 Å². The minimum Gasteiger partial charge on any atom is -0.384 e. The molecule has 24 heavy (non-hydrogen) atoms. The van der Waals surface area contributed by atoms with Gasteiger partial charge in [-0.3, -0.25) is 9.59 Å². The summed E-state index contributed by atoms with van der Waals surface area (Å²) in [5.41, 5.74) is -0.0592. The van der Waals surface area contributed by atoms with E-state index in [0.29, 0.717) is 23.3 Å². The molecular formula is C17H19N3O4. The van der Waals surface area contributed by atoms with Gasteiger partial charge in [-0.15, -0.1) is 0 Å². The summed E-state index contributed by atoms with van der Waals surface area (Å²) in [7, 11) is 1.65. The number of benzene rings is 1. The summed E-state index contributed by atoms with van der Waals surface area (Å²) in [6.07, 6.45) is 1.10. The molecule has 2 N–H and O–H groups in total. The molecule has 2 aliphatic rings. The standard InChI is InChI=1S/C17H19N3O4/c1-23-8-12-13(11-6-7-24-15(11)12)18-17(22)14-9-4-2-3-5-10(9)16(21)20-19-14/h2-5,11-13,15H,6-8H2,1H3,(H,18,22)(H,20,21)/t11-,12+,13-,15-/m1/s1. The van der Waals surface area contributed by atoms with Crippen molar-refractivity contribution in [2.24, 2.45) is 11.8 Å². The first-order valence-corrected chi connectivity index (χ1v) is 8.09. The first-order valence-electron chi connectivity index (χ1n) is 8.09. The van der Waals surface area contributed by atoms with Gasteiger partial charge in [-0.25, -0.2) is 5.10 Å². The zero-order valence-corrected chi connectivity index (χ0v) is 13.3. The predicted molar refractivity (Wildman–Crippen MR) is 86.8 cm³/mol. The topological polar surface area (TPSA) is 93.3 Å². The van der Waals surface area contributed by atoms with Crippen LogP contribution in [0.4, 0.5) is 0 Å². The molecule has 2 aromatic rings. The number of hydrogen-bond acceptors (Lipinski definition) is 5. The monoisotopic (exact) mass is 329 g/mol. The lowest BCUT2D eigenvalue weighted by Gasteiger charge is -2.47. The van der Waals surface area contributed by atoms with Crippen LogP contribution in [0.5, 0.6) is 0 Å². The first kappa shape index (κ1) is 15.3. The summed E-state index contributed by atoms with van der Waals surface area (Å²) in [4.78, 5) is 24.6. The smallest absolute Gasteiger partial charge is 0.272 e. The van der Waals surface area contributed by atoms with Gasteiger partial charge in [0.1, 0.15) is 0 Å². The second-order valence-corrected chi connectivity index (χ2v) is 6.35. The number of hydrogen-bond donors (Lipinski definition) is 2. The van der Waals surface area contributed by atoms with Crippen molar-refractivity contribution < 1.29 is 14.3 Å². The maximum Gasteiger partial charge on any atom is 0.272 e. The normalized spacial score (nSPS) is 28.4. The number of amides is 1. The fourth-order valence-corrected chi connectivity index (χ4v) is 3.94. The van der Waals surface area contributed by atoms with Crippen LogP contribution >= 0.6 is 0 Å². The third kappa shape index (κ3) is 2.32. The van der Waals surface area contributed by atoms with Gasteiger partial charge in [-0.2, -0.15) is 5.10 Å². The molecule has 7 heteroatoms. The number of methoxy groups -OCH3 is 1. The van der Waals surface area contributed by atoms with Crippen molar-refractivity contribution >= 4 is 16.7 Å². The number of H-pyrrole nitrogens is 1. The van der Waals surface area contributed by atoms with Gasteiger partial charge in [-0.05, 0) is 12.5 Å². The van der Waals surface area contributed by atoms with Crippen molar-refractivity contribution in [1.82, 2.24) is 15.5 Å². The van der Waals surface area contributed by atoms with Gasteiger partial charge in [0.25, 0.3) is 11.5 Å². The molecule has 0 unspecified atom stereocenters. The first-order chi connectivity index (χ1) is 11.7. The molecule has 2 heterocycles. The maximum absolute atomic E-state index is 12.7. The summed E-state index contributed by atoms with van der Waals surface area (Å²) >= 11 is 0. The minimum absolute atomic E-state index is 0.0115. The predicted octanol–water partition coefficient (Wildman–Crippen LogP) is 0.703. The molecule has 0 radical (unpaired) electrons.